The summed E-state index contributed by atoms with van der Waals surface area (Å²) >= 11 is 0. The lowest BCUT2D eigenvalue weighted by Crippen LogP contribution is -1.91. The van der Waals surface area contributed by atoms with Crippen LogP contribution >= 0.6 is 0 Å². The van der Waals surface area contributed by atoms with E-state index < -0.39 is 0 Å². The molecule has 0 radical (unpaired) electrons. The Balaban J connectivity index is 2.08. The Morgan fingerprint density at radius 2 is 1.95 bits per heavy atom. The van der Waals surface area contributed by atoms with E-state index in [2.05, 4.69) is 28.3 Å². The highest BCUT2D eigenvalue weighted by Crippen LogP contribution is 2.36. The van der Waals surface area contributed by atoms with E-state index in [1.807, 2.05) is 36.5 Å². The molecule has 102 valence electrons. The average molecular weight is 275 g/mol. The topological polar surface area (TPSA) is 39.4 Å². The fraction of sp³-hybridized carbons (Fsp3) is 0.0588. The molecule has 2 aromatic carbocycles. The fourth-order valence-corrected chi connectivity index (χ4v) is 2.64. The van der Waals surface area contributed by atoms with Crippen LogP contribution in [0.2, 0.25) is 0 Å². The lowest BCUT2D eigenvalue weighted by molar-refractivity contribution is 0.417. The third kappa shape index (κ3) is 1.84. The summed E-state index contributed by atoms with van der Waals surface area (Å²) in [4.78, 5) is 4.32. The zero-order chi connectivity index (χ0) is 14.2. The van der Waals surface area contributed by atoms with Crippen molar-refractivity contribution in [1.82, 2.24) is 14.6 Å². The van der Waals surface area contributed by atoms with E-state index in [9.17, 15) is 0 Å². The van der Waals surface area contributed by atoms with Gasteiger partial charge < -0.3 is 4.74 Å². The molecule has 2 heterocycles. The molecule has 0 atom stereocenters. The summed E-state index contributed by atoms with van der Waals surface area (Å²) in [7, 11) is 1.68. The summed E-state index contributed by atoms with van der Waals surface area (Å²) in [5, 5.41) is 6.91. The van der Waals surface area contributed by atoms with Gasteiger partial charge in [-0.3, -0.25) is 0 Å². The summed E-state index contributed by atoms with van der Waals surface area (Å²) < 4.78 is 7.31. The number of fused-ring (bicyclic) bond motifs is 2. The highest BCUT2D eigenvalue weighted by atomic mass is 16.5. The Bertz CT molecular complexity index is 910. The SMILES string of the molecule is COc1ccc2ccccc2c1-c1cc2ncccn2n1. The standard InChI is InChI=1S/C17H13N3O/c1-21-15-8-7-12-5-2-3-6-13(12)17(15)14-11-16-18-9-4-10-20(16)19-14/h2-11H,1H3. The van der Waals surface area contributed by atoms with Gasteiger partial charge in [0.05, 0.1) is 18.4 Å². The monoisotopic (exact) mass is 275 g/mol. The first-order chi connectivity index (χ1) is 10.4. The Morgan fingerprint density at radius 1 is 1.05 bits per heavy atom. The van der Waals surface area contributed by atoms with Gasteiger partial charge >= 0.3 is 0 Å². The Kier molecular flexibility index (Phi) is 2.60. The van der Waals surface area contributed by atoms with Crippen LogP contribution in [0.15, 0.2) is 60.9 Å². The molecule has 0 amide bonds. The van der Waals surface area contributed by atoms with Crippen LogP contribution in [0.5, 0.6) is 5.75 Å². The molecule has 0 aliphatic carbocycles. The van der Waals surface area contributed by atoms with Gasteiger partial charge in [0, 0.05) is 18.5 Å². The lowest BCUT2D eigenvalue weighted by atomic mass is 10.0. The molecular weight excluding hydrogens is 262 g/mol. The van der Waals surface area contributed by atoms with E-state index in [1.54, 1.807) is 17.8 Å². The van der Waals surface area contributed by atoms with E-state index in [4.69, 9.17) is 4.74 Å². The minimum atomic E-state index is 0.817. The van der Waals surface area contributed by atoms with Crippen LogP contribution in [0, 0.1) is 0 Å². The summed E-state index contributed by atoms with van der Waals surface area (Å²) in [5.74, 6) is 0.817. The van der Waals surface area contributed by atoms with Crippen molar-refractivity contribution in [1.29, 1.82) is 0 Å². The van der Waals surface area contributed by atoms with Crippen molar-refractivity contribution in [2.75, 3.05) is 7.11 Å². The zero-order valence-corrected chi connectivity index (χ0v) is 11.5. The number of aromatic nitrogens is 3. The van der Waals surface area contributed by atoms with Crippen LogP contribution in [-0.2, 0) is 0 Å². The van der Waals surface area contributed by atoms with Crippen molar-refractivity contribution in [3.8, 4) is 17.0 Å². The van der Waals surface area contributed by atoms with Gasteiger partial charge in [0.25, 0.3) is 0 Å². The van der Waals surface area contributed by atoms with Gasteiger partial charge in [-0.1, -0.05) is 30.3 Å². The quantitative estimate of drug-likeness (QED) is 0.561. The minimum absolute atomic E-state index is 0.817. The maximum atomic E-state index is 5.53. The molecule has 0 aliphatic rings. The molecule has 4 nitrogen and oxygen atoms in total. The van der Waals surface area contributed by atoms with Crippen molar-refractivity contribution in [2.24, 2.45) is 0 Å². The Labute approximate surface area is 121 Å². The van der Waals surface area contributed by atoms with E-state index in [-0.39, 0.29) is 0 Å². The van der Waals surface area contributed by atoms with E-state index in [0.29, 0.717) is 0 Å². The molecule has 0 spiro atoms. The number of ether oxygens (including phenoxy) is 1. The molecule has 4 heteroatoms. The van der Waals surface area contributed by atoms with Crippen LogP contribution in [0.4, 0.5) is 0 Å². The molecule has 0 aliphatic heterocycles. The molecule has 0 unspecified atom stereocenters. The number of benzene rings is 2. The van der Waals surface area contributed by atoms with Crippen molar-refractivity contribution < 1.29 is 4.74 Å². The van der Waals surface area contributed by atoms with E-state index in [1.165, 1.54) is 5.39 Å². The second-order valence-corrected chi connectivity index (χ2v) is 4.82. The van der Waals surface area contributed by atoms with Crippen molar-refractivity contribution in [3.05, 3.63) is 60.9 Å². The van der Waals surface area contributed by atoms with Gasteiger partial charge in [-0.05, 0) is 22.9 Å². The third-order valence-corrected chi connectivity index (χ3v) is 3.60. The van der Waals surface area contributed by atoms with Crippen LogP contribution < -0.4 is 4.74 Å². The van der Waals surface area contributed by atoms with Gasteiger partial charge in [0.1, 0.15) is 5.75 Å². The Morgan fingerprint density at radius 3 is 2.81 bits per heavy atom. The first-order valence-electron chi connectivity index (χ1n) is 6.73. The van der Waals surface area contributed by atoms with Gasteiger partial charge in [0.15, 0.2) is 5.65 Å². The van der Waals surface area contributed by atoms with Gasteiger partial charge in [-0.25, -0.2) is 9.50 Å². The highest BCUT2D eigenvalue weighted by molar-refractivity contribution is 5.99. The molecular formula is C17H13N3O. The van der Waals surface area contributed by atoms with Gasteiger partial charge in [-0.15, -0.1) is 0 Å². The van der Waals surface area contributed by atoms with Crippen molar-refractivity contribution in [3.63, 3.8) is 0 Å². The predicted octanol–water partition coefficient (Wildman–Crippen LogP) is 3.56. The first kappa shape index (κ1) is 11.9. The molecule has 2 aromatic heterocycles. The molecule has 0 bridgehead atoms. The maximum Gasteiger partial charge on any atom is 0.155 e. The van der Waals surface area contributed by atoms with E-state index >= 15 is 0 Å². The third-order valence-electron chi connectivity index (χ3n) is 3.60. The zero-order valence-electron chi connectivity index (χ0n) is 11.5. The molecule has 4 rings (SSSR count). The average Bonchev–Trinajstić information content (AvgIpc) is 2.97. The minimum Gasteiger partial charge on any atom is -0.496 e. The second kappa shape index (κ2) is 4.59. The summed E-state index contributed by atoms with van der Waals surface area (Å²) in [6.45, 7) is 0. The molecule has 21 heavy (non-hydrogen) atoms. The molecule has 0 saturated carbocycles. The number of hydrogen-bond acceptors (Lipinski definition) is 3. The smallest absolute Gasteiger partial charge is 0.155 e. The number of hydrogen-bond donors (Lipinski definition) is 0. The lowest BCUT2D eigenvalue weighted by Gasteiger charge is -2.09. The van der Waals surface area contributed by atoms with E-state index in [0.717, 1.165) is 28.0 Å². The van der Waals surface area contributed by atoms with Crippen LogP contribution in [0.3, 0.4) is 0 Å². The predicted molar refractivity (Wildman–Crippen MR) is 82.5 cm³/mol. The summed E-state index contributed by atoms with van der Waals surface area (Å²) in [5.41, 5.74) is 2.69. The Hall–Kier alpha value is -2.88. The number of rotatable bonds is 2. The van der Waals surface area contributed by atoms with Crippen LogP contribution in [-0.4, -0.2) is 21.7 Å². The van der Waals surface area contributed by atoms with Crippen molar-refractivity contribution >= 4 is 16.4 Å². The maximum absolute atomic E-state index is 5.53. The molecule has 0 N–H and O–H groups in total. The highest BCUT2D eigenvalue weighted by Gasteiger charge is 2.14. The van der Waals surface area contributed by atoms with Crippen LogP contribution in [0.1, 0.15) is 0 Å². The molecule has 0 fully saturated rings. The first-order valence-corrected chi connectivity index (χ1v) is 6.73. The van der Waals surface area contributed by atoms with Crippen LogP contribution in [0.25, 0.3) is 27.7 Å². The largest absolute Gasteiger partial charge is 0.496 e. The van der Waals surface area contributed by atoms with Crippen molar-refractivity contribution in [2.45, 2.75) is 0 Å². The number of methoxy groups -OCH3 is 1. The molecule has 0 saturated heterocycles. The number of nitrogens with zero attached hydrogens (tertiary/aromatic N) is 3. The normalized spacial score (nSPS) is 11.1. The molecule has 4 aromatic rings. The summed E-state index contributed by atoms with van der Waals surface area (Å²) in [6.07, 6.45) is 3.66. The fourth-order valence-electron chi connectivity index (χ4n) is 2.64. The summed E-state index contributed by atoms with van der Waals surface area (Å²) in [6, 6.07) is 16.1. The second-order valence-electron chi connectivity index (χ2n) is 4.82. The van der Waals surface area contributed by atoms with Gasteiger partial charge in [-0.2, -0.15) is 5.10 Å². The van der Waals surface area contributed by atoms with Gasteiger partial charge in [0.2, 0.25) is 0 Å².